The molecule has 0 radical (unpaired) electrons. The van der Waals surface area contributed by atoms with Crippen molar-refractivity contribution in [3.8, 4) is 5.75 Å². The van der Waals surface area contributed by atoms with Gasteiger partial charge in [0.25, 0.3) is 0 Å². The van der Waals surface area contributed by atoms with E-state index >= 15 is 0 Å². The Bertz CT molecular complexity index is 517. The number of methoxy groups -OCH3 is 1. The number of hydrogen-bond donors (Lipinski definition) is 2. The van der Waals surface area contributed by atoms with Gasteiger partial charge in [-0.2, -0.15) is 0 Å². The minimum Gasteiger partial charge on any atom is -0.488 e. The number of rotatable bonds is 10. The van der Waals surface area contributed by atoms with E-state index in [9.17, 15) is 0 Å². The van der Waals surface area contributed by atoms with Crippen LogP contribution in [0.15, 0.2) is 29.3 Å². The number of ether oxygens (including phenoxy) is 2. The van der Waals surface area contributed by atoms with Crippen LogP contribution in [0.2, 0.25) is 0 Å². The summed E-state index contributed by atoms with van der Waals surface area (Å²) in [7, 11) is 3.86. The zero-order chi connectivity index (χ0) is 17.9. The Kier molecular flexibility index (Phi) is 11.6. The average Bonchev–Trinajstić information content (AvgIpc) is 3.04. The molecule has 0 amide bonds. The highest BCUT2D eigenvalue weighted by molar-refractivity contribution is 14.0. The van der Waals surface area contributed by atoms with Crippen LogP contribution in [0.4, 0.5) is 0 Å². The van der Waals surface area contributed by atoms with E-state index in [0.29, 0.717) is 6.54 Å². The van der Waals surface area contributed by atoms with Gasteiger partial charge in [-0.3, -0.25) is 0 Å². The Morgan fingerprint density at radius 1 is 1.31 bits per heavy atom. The molecule has 0 fully saturated rings. The van der Waals surface area contributed by atoms with Crippen LogP contribution in [0.3, 0.4) is 0 Å². The lowest BCUT2D eigenvalue weighted by Crippen LogP contribution is -2.39. The van der Waals surface area contributed by atoms with Crippen molar-refractivity contribution in [2.45, 2.75) is 25.9 Å². The van der Waals surface area contributed by atoms with E-state index in [1.54, 1.807) is 7.11 Å². The standard InChI is InChI=1S/C19H32N4O2.HI/c1-4-20-19(21-10-7-11-23(2)12-13-24-3)22-15-17-14-16-8-5-6-9-18(16)25-17;/h5-6,8-9,17H,4,7,10-15H2,1-3H3,(H2,20,21,22);1H. The van der Waals surface area contributed by atoms with Gasteiger partial charge < -0.3 is 25.0 Å². The summed E-state index contributed by atoms with van der Waals surface area (Å²) in [4.78, 5) is 6.96. The number of halogens is 1. The molecular weight excluding hydrogens is 443 g/mol. The number of fused-ring (bicyclic) bond motifs is 1. The van der Waals surface area contributed by atoms with Gasteiger partial charge in [0.15, 0.2) is 5.96 Å². The van der Waals surface area contributed by atoms with Gasteiger partial charge in [0.2, 0.25) is 0 Å². The predicted molar refractivity (Wildman–Crippen MR) is 118 cm³/mol. The van der Waals surface area contributed by atoms with Gasteiger partial charge in [0.05, 0.1) is 13.2 Å². The van der Waals surface area contributed by atoms with Crippen LogP contribution in [0.5, 0.6) is 5.75 Å². The number of likely N-dealkylation sites (N-methyl/N-ethyl adjacent to an activating group) is 1. The van der Waals surface area contributed by atoms with Crippen molar-refractivity contribution in [3.05, 3.63) is 29.8 Å². The molecular formula is C19H33IN4O2. The van der Waals surface area contributed by atoms with Crippen molar-refractivity contribution in [1.29, 1.82) is 0 Å². The Morgan fingerprint density at radius 2 is 2.12 bits per heavy atom. The van der Waals surface area contributed by atoms with E-state index in [4.69, 9.17) is 9.47 Å². The maximum Gasteiger partial charge on any atom is 0.191 e. The number of benzene rings is 1. The molecule has 1 aliphatic rings. The monoisotopic (exact) mass is 476 g/mol. The quantitative estimate of drug-likeness (QED) is 0.235. The van der Waals surface area contributed by atoms with Crippen LogP contribution in [-0.4, -0.2) is 70.5 Å². The normalized spacial score (nSPS) is 16.0. The summed E-state index contributed by atoms with van der Waals surface area (Å²) < 4.78 is 11.0. The largest absolute Gasteiger partial charge is 0.488 e. The number of para-hydroxylation sites is 1. The lowest BCUT2D eigenvalue weighted by Gasteiger charge is -2.17. The van der Waals surface area contributed by atoms with Gasteiger partial charge >= 0.3 is 0 Å². The van der Waals surface area contributed by atoms with Gasteiger partial charge in [-0.05, 0) is 38.6 Å². The highest BCUT2D eigenvalue weighted by atomic mass is 127. The Balaban J connectivity index is 0.00000338. The molecule has 0 bridgehead atoms. The highest BCUT2D eigenvalue weighted by Gasteiger charge is 2.21. The van der Waals surface area contributed by atoms with Crippen LogP contribution >= 0.6 is 24.0 Å². The van der Waals surface area contributed by atoms with E-state index in [2.05, 4.69) is 46.6 Å². The first-order valence-electron chi connectivity index (χ1n) is 9.17. The second kappa shape index (κ2) is 13.2. The third kappa shape index (κ3) is 8.09. The van der Waals surface area contributed by atoms with Crippen molar-refractivity contribution in [2.75, 3.05) is 53.5 Å². The molecule has 0 aliphatic carbocycles. The molecule has 7 heteroatoms. The molecule has 0 aromatic heterocycles. The SMILES string of the molecule is CCNC(=NCC1Cc2ccccc2O1)NCCCN(C)CCOC.I. The average molecular weight is 476 g/mol. The van der Waals surface area contributed by atoms with E-state index in [-0.39, 0.29) is 30.1 Å². The van der Waals surface area contributed by atoms with Gasteiger partial charge in [0.1, 0.15) is 11.9 Å². The van der Waals surface area contributed by atoms with E-state index in [1.165, 1.54) is 5.56 Å². The fourth-order valence-corrected chi connectivity index (χ4v) is 2.81. The zero-order valence-corrected chi connectivity index (χ0v) is 18.5. The van der Waals surface area contributed by atoms with Crippen molar-refractivity contribution < 1.29 is 9.47 Å². The summed E-state index contributed by atoms with van der Waals surface area (Å²) in [5.74, 6) is 1.86. The second-order valence-corrected chi connectivity index (χ2v) is 6.35. The minimum absolute atomic E-state index is 0. The minimum atomic E-state index is 0. The summed E-state index contributed by atoms with van der Waals surface area (Å²) in [5, 5.41) is 6.70. The molecule has 1 aromatic rings. The lowest BCUT2D eigenvalue weighted by atomic mass is 10.1. The molecule has 0 saturated heterocycles. The first kappa shape index (κ1) is 23.0. The van der Waals surface area contributed by atoms with Crippen molar-refractivity contribution >= 4 is 29.9 Å². The molecule has 1 aromatic carbocycles. The molecule has 148 valence electrons. The maximum atomic E-state index is 5.95. The lowest BCUT2D eigenvalue weighted by molar-refractivity contribution is 0.161. The maximum absolute atomic E-state index is 5.95. The smallest absolute Gasteiger partial charge is 0.191 e. The third-order valence-corrected chi connectivity index (χ3v) is 4.20. The van der Waals surface area contributed by atoms with Gasteiger partial charge in [-0.25, -0.2) is 4.99 Å². The second-order valence-electron chi connectivity index (χ2n) is 6.35. The number of hydrogen-bond acceptors (Lipinski definition) is 4. The van der Waals surface area contributed by atoms with E-state index in [0.717, 1.165) is 57.3 Å². The van der Waals surface area contributed by atoms with Gasteiger partial charge in [0, 0.05) is 33.2 Å². The van der Waals surface area contributed by atoms with E-state index in [1.807, 2.05) is 12.1 Å². The third-order valence-electron chi connectivity index (χ3n) is 4.20. The number of aliphatic imine (C=N–C) groups is 1. The van der Waals surface area contributed by atoms with Gasteiger partial charge in [-0.1, -0.05) is 18.2 Å². The van der Waals surface area contributed by atoms with Crippen molar-refractivity contribution in [2.24, 2.45) is 4.99 Å². The fraction of sp³-hybridized carbons (Fsp3) is 0.632. The number of nitrogens with one attached hydrogen (secondary N) is 2. The van der Waals surface area contributed by atoms with Crippen LogP contribution in [0.1, 0.15) is 18.9 Å². The van der Waals surface area contributed by atoms with E-state index < -0.39 is 0 Å². The van der Waals surface area contributed by atoms with Crippen LogP contribution in [0.25, 0.3) is 0 Å². The first-order chi connectivity index (χ1) is 12.2. The Morgan fingerprint density at radius 3 is 2.85 bits per heavy atom. The molecule has 0 spiro atoms. The molecule has 2 N–H and O–H groups in total. The number of nitrogens with zero attached hydrogens (tertiary/aromatic N) is 2. The van der Waals surface area contributed by atoms with Gasteiger partial charge in [-0.15, -0.1) is 24.0 Å². The molecule has 6 nitrogen and oxygen atoms in total. The molecule has 2 rings (SSSR count). The van der Waals surface area contributed by atoms with Crippen LogP contribution in [-0.2, 0) is 11.2 Å². The summed E-state index contributed by atoms with van der Waals surface area (Å²) in [6, 6.07) is 8.23. The van der Waals surface area contributed by atoms with Crippen molar-refractivity contribution in [3.63, 3.8) is 0 Å². The highest BCUT2D eigenvalue weighted by Crippen LogP contribution is 2.28. The topological polar surface area (TPSA) is 58.1 Å². The summed E-state index contributed by atoms with van der Waals surface area (Å²) in [6.07, 6.45) is 2.13. The van der Waals surface area contributed by atoms with Crippen LogP contribution in [0, 0.1) is 0 Å². The summed E-state index contributed by atoms with van der Waals surface area (Å²) in [5.41, 5.74) is 1.28. The molecule has 1 atom stereocenters. The summed E-state index contributed by atoms with van der Waals surface area (Å²) in [6.45, 7) is 7.27. The van der Waals surface area contributed by atoms with Crippen LogP contribution < -0.4 is 15.4 Å². The first-order valence-corrected chi connectivity index (χ1v) is 9.17. The fourth-order valence-electron chi connectivity index (χ4n) is 2.81. The number of guanidine groups is 1. The molecule has 1 unspecified atom stereocenters. The molecule has 0 saturated carbocycles. The zero-order valence-electron chi connectivity index (χ0n) is 16.2. The predicted octanol–water partition coefficient (Wildman–Crippen LogP) is 2.13. The Labute approximate surface area is 174 Å². The summed E-state index contributed by atoms with van der Waals surface area (Å²) >= 11 is 0. The molecule has 1 aliphatic heterocycles. The molecule has 1 heterocycles. The Hall–Kier alpha value is -1.06. The van der Waals surface area contributed by atoms with Crippen molar-refractivity contribution in [1.82, 2.24) is 15.5 Å². The molecule has 26 heavy (non-hydrogen) atoms.